The molecule has 2 unspecified atom stereocenters. The zero-order chi connectivity index (χ0) is 19.6. The van der Waals surface area contributed by atoms with Gasteiger partial charge in [-0.2, -0.15) is 5.10 Å². The van der Waals surface area contributed by atoms with Gasteiger partial charge in [-0.3, -0.25) is 4.79 Å². The minimum absolute atomic E-state index is 0.140. The van der Waals surface area contributed by atoms with Crippen LogP contribution >= 0.6 is 0 Å². The van der Waals surface area contributed by atoms with E-state index in [4.69, 9.17) is 14.6 Å². The molecule has 144 valence electrons. The highest BCUT2D eigenvalue weighted by Crippen LogP contribution is 2.50. The van der Waals surface area contributed by atoms with Crippen LogP contribution < -0.4 is 5.32 Å². The average molecular weight is 381 g/mol. The van der Waals surface area contributed by atoms with Crippen molar-refractivity contribution in [1.29, 1.82) is 0 Å². The summed E-state index contributed by atoms with van der Waals surface area (Å²) in [6, 6.07) is 8.36. The molecule has 1 N–H and O–H groups in total. The molecule has 2 aliphatic heterocycles. The van der Waals surface area contributed by atoms with E-state index in [1.54, 1.807) is 10.6 Å². The lowest BCUT2D eigenvalue weighted by atomic mass is 10.0. The Labute approximate surface area is 161 Å². The SMILES string of the molecule is CC(C)(C)OC(=O)Cc1cccn2nc3c(c12)C1OC1Nc1cc(F)ccc1-3. The molecule has 0 spiro atoms. The highest BCUT2D eigenvalue weighted by Gasteiger charge is 2.47. The van der Waals surface area contributed by atoms with Crippen LogP contribution in [0, 0.1) is 5.82 Å². The standard InChI is InChI=1S/C21H20FN3O3/c1-21(2,3)28-15(26)9-11-5-4-8-25-18(11)16-17(24-25)13-7-6-12(22)10-14(13)23-20-19(16)27-20/h4-8,10,19-20,23H,9H2,1-3H3. The first-order valence-corrected chi connectivity index (χ1v) is 9.24. The van der Waals surface area contributed by atoms with Gasteiger partial charge >= 0.3 is 5.97 Å². The van der Waals surface area contributed by atoms with Crippen molar-refractivity contribution in [3.63, 3.8) is 0 Å². The third kappa shape index (κ3) is 2.82. The Morgan fingerprint density at radius 3 is 2.96 bits per heavy atom. The first-order chi connectivity index (χ1) is 13.3. The molecule has 2 aromatic heterocycles. The molecule has 1 saturated heterocycles. The fourth-order valence-corrected chi connectivity index (χ4v) is 3.78. The minimum atomic E-state index is -0.545. The van der Waals surface area contributed by atoms with Crippen LogP contribution in [0.4, 0.5) is 10.1 Å². The monoisotopic (exact) mass is 381 g/mol. The summed E-state index contributed by atoms with van der Waals surface area (Å²) in [4.78, 5) is 12.4. The maximum absolute atomic E-state index is 13.7. The lowest BCUT2D eigenvalue weighted by Gasteiger charge is -2.19. The van der Waals surface area contributed by atoms with Gasteiger partial charge in [0, 0.05) is 23.0 Å². The van der Waals surface area contributed by atoms with Crippen molar-refractivity contribution in [1.82, 2.24) is 9.61 Å². The van der Waals surface area contributed by atoms with Gasteiger partial charge in [0.2, 0.25) is 0 Å². The quantitative estimate of drug-likeness (QED) is 0.539. The lowest BCUT2D eigenvalue weighted by molar-refractivity contribution is -0.153. The molecule has 4 heterocycles. The Bertz CT molecular complexity index is 1120. The topological polar surface area (TPSA) is 68.2 Å². The van der Waals surface area contributed by atoms with Crippen molar-refractivity contribution in [2.45, 2.75) is 45.1 Å². The van der Waals surface area contributed by atoms with E-state index in [0.29, 0.717) is 5.69 Å². The normalized spacial score (nSPS) is 19.9. The fraction of sp³-hybridized carbons (Fsp3) is 0.333. The van der Waals surface area contributed by atoms with Crippen LogP contribution in [0.2, 0.25) is 0 Å². The van der Waals surface area contributed by atoms with Gasteiger partial charge in [0.25, 0.3) is 0 Å². The second-order valence-electron chi connectivity index (χ2n) is 8.16. The first kappa shape index (κ1) is 17.2. The summed E-state index contributed by atoms with van der Waals surface area (Å²) in [6.07, 6.45) is 1.56. The molecule has 0 aliphatic carbocycles. The van der Waals surface area contributed by atoms with Crippen LogP contribution in [0.5, 0.6) is 0 Å². The Hall–Kier alpha value is -2.93. The van der Waals surface area contributed by atoms with Gasteiger partial charge in [0.15, 0.2) is 6.23 Å². The van der Waals surface area contributed by atoms with Crippen molar-refractivity contribution in [3.8, 4) is 11.3 Å². The molecule has 0 saturated carbocycles. The molecule has 0 radical (unpaired) electrons. The number of hydrogen-bond donors (Lipinski definition) is 1. The van der Waals surface area contributed by atoms with Crippen LogP contribution in [-0.2, 0) is 20.7 Å². The molecule has 2 atom stereocenters. The molecule has 0 bridgehead atoms. The number of epoxide rings is 1. The van der Waals surface area contributed by atoms with E-state index in [1.807, 2.05) is 39.1 Å². The number of halogens is 1. The lowest BCUT2D eigenvalue weighted by Crippen LogP contribution is -2.25. The van der Waals surface area contributed by atoms with Gasteiger partial charge in [-0.05, 0) is 50.6 Å². The number of nitrogens with one attached hydrogen (secondary N) is 1. The summed E-state index contributed by atoms with van der Waals surface area (Å²) in [7, 11) is 0. The Morgan fingerprint density at radius 1 is 1.36 bits per heavy atom. The molecule has 2 aliphatic rings. The predicted molar refractivity (Wildman–Crippen MR) is 101 cm³/mol. The van der Waals surface area contributed by atoms with Gasteiger partial charge in [0.1, 0.15) is 23.2 Å². The van der Waals surface area contributed by atoms with E-state index in [2.05, 4.69) is 5.32 Å². The number of rotatable bonds is 2. The summed E-state index contributed by atoms with van der Waals surface area (Å²) in [5.74, 6) is -0.612. The van der Waals surface area contributed by atoms with Crippen LogP contribution in [0.1, 0.15) is 38.0 Å². The highest BCUT2D eigenvalue weighted by molar-refractivity contribution is 5.87. The predicted octanol–water partition coefficient (Wildman–Crippen LogP) is 3.85. The highest BCUT2D eigenvalue weighted by atomic mass is 19.1. The number of benzene rings is 1. The van der Waals surface area contributed by atoms with Crippen molar-refractivity contribution >= 4 is 17.2 Å². The maximum Gasteiger partial charge on any atom is 0.310 e. The zero-order valence-electron chi connectivity index (χ0n) is 15.8. The average Bonchev–Trinajstić information content (AvgIpc) is 3.24. The second kappa shape index (κ2) is 5.78. The number of nitrogens with zero attached hydrogens (tertiary/aromatic N) is 2. The number of carbonyl (C=O) groups is 1. The third-order valence-corrected chi connectivity index (χ3v) is 4.84. The van der Waals surface area contributed by atoms with Gasteiger partial charge < -0.3 is 14.8 Å². The van der Waals surface area contributed by atoms with E-state index in [9.17, 15) is 9.18 Å². The molecule has 6 nitrogen and oxygen atoms in total. The number of esters is 1. The first-order valence-electron chi connectivity index (χ1n) is 9.24. The summed E-state index contributed by atoms with van der Waals surface area (Å²) >= 11 is 0. The molecule has 3 aromatic rings. The van der Waals surface area contributed by atoms with Gasteiger partial charge in [-0.15, -0.1) is 0 Å². The molecule has 1 fully saturated rings. The van der Waals surface area contributed by atoms with Gasteiger partial charge in [0.05, 0.1) is 11.9 Å². The largest absolute Gasteiger partial charge is 0.460 e. The molecule has 7 heteroatoms. The molecular weight excluding hydrogens is 361 g/mol. The summed E-state index contributed by atoms with van der Waals surface area (Å²) in [5, 5.41) is 7.95. The smallest absolute Gasteiger partial charge is 0.310 e. The van der Waals surface area contributed by atoms with E-state index in [0.717, 1.165) is 27.9 Å². The third-order valence-electron chi connectivity index (χ3n) is 4.84. The van der Waals surface area contributed by atoms with Crippen molar-refractivity contribution in [2.75, 3.05) is 5.32 Å². The molecule has 5 rings (SSSR count). The zero-order valence-corrected chi connectivity index (χ0v) is 15.8. The van der Waals surface area contributed by atoms with Crippen LogP contribution in [-0.4, -0.2) is 27.4 Å². The van der Waals surface area contributed by atoms with E-state index >= 15 is 0 Å². The van der Waals surface area contributed by atoms with Crippen LogP contribution in [0.3, 0.4) is 0 Å². The molecule has 28 heavy (non-hydrogen) atoms. The summed E-state index contributed by atoms with van der Waals surface area (Å²) < 4.78 is 26.8. The van der Waals surface area contributed by atoms with Crippen molar-refractivity contribution in [3.05, 3.63) is 53.5 Å². The number of aromatic nitrogens is 2. The van der Waals surface area contributed by atoms with Gasteiger partial charge in [-0.25, -0.2) is 8.91 Å². The van der Waals surface area contributed by atoms with Gasteiger partial charge in [-0.1, -0.05) is 6.07 Å². The number of anilines is 1. The van der Waals surface area contributed by atoms with Crippen LogP contribution in [0.15, 0.2) is 36.5 Å². The summed E-state index contributed by atoms with van der Waals surface area (Å²) in [5.41, 5.74) is 4.26. The Balaban J connectivity index is 1.65. The van der Waals surface area contributed by atoms with Crippen LogP contribution in [0.25, 0.3) is 16.8 Å². The van der Waals surface area contributed by atoms with Crippen molar-refractivity contribution < 1.29 is 18.7 Å². The number of fused-ring (bicyclic) bond motifs is 7. The maximum atomic E-state index is 13.7. The Kier molecular flexibility index (Phi) is 3.55. The molecule has 1 aromatic carbocycles. The second-order valence-corrected chi connectivity index (χ2v) is 8.16. The molecule has 0 amide bonds. The fourth-order valence-electron chi connectivity index (χ4n) is 3.78. The molecular formula is C21H20FN3O3. The van der Waals surface area contributed by atoms with E-state index in [1.165, 1.54) is 12.1 Å². The number of ether oxygens (including phenoxy) is 2. The summed E-state index contributed by atoms with van der Waals surface area (Å²) in [6.45, 7) is 5.54. The Morgan fingerprint density at radius 2 is 2.18 bits per heavy atom. The van der Waals surface area contributed by atoms with E-state index in [-0.39, 0.29) is 30.5 Å². The number of pyridine rings is 1. The number of hydrogen-bond acceptors (Lipinski definition) is 5. The van der Waals surface area contributed by atoms with E-state index < -0.39 is 5.60 Å². The van der Waals surface area contributed by atoms with Crippen molar-refractivity contribution in [2.24, 2.45) is 0 Å². The minimum Gasteiger partial charge on any atom is -0.460 e. The number of carbonyl (C=O) groups excluding carboxylic acids is 1.